The molecule has 3 aromatic rings. The van der Waals surface area contributed by atoms with E-state index in [1.54, 1.807) is 17.5 Å². The van der Waals surface area contributed by atoms with Gasteiger partial charge >= 0.3 is 0 Å². The summed E-state index contributed by atoms with van der Waals surface area (Å²) in [5, 5.41) is 14.0. The third kappa shape index (κ3) is 5.74. The third-order valence-corrected chi connectivity index (χ3v) is 7.61. The van der Waals surface area contributed by atoms with Gasteiger partial charge in [0.1, 0.15) is 11.6 Å². The second-order valence-electron chi connectivity index (χ2n) is 8.35. The second kappa shape index (κ2) is 11.8. The van der Waals surface area contributed by atoms with E-state index in [0.717, 1.165) is 19.3 Å². The molecule has 0 aliphatic rings. The number of aliphatic hydroxyl groups is 1. The van der Waals surface area contributed by atoms with Crippen molar-refractivity contribution < 1.29 is 18.3 Å². The number of aryl methyl sites for hydroxylation is 2. The highest BCUT2D eigenvalue weighted by Gasteiger charge is 2.26. The summed E-state index contributed by atoms with van der Waals surface area (Å²) in [6.45, 7) is 7.94. The Hall–Kier alpha value is -2.76. The normalized spacial score (nSPS) is 12.1. The van der Waals surface area contributed by atoms with E-state index in [1.165, 1.54) is 16.4 Å². The Balaban J connectivity index is 2.18. The van der Waals surface area contributed by atoms with Crippen LogP contribution in [0.3, 0.4) is 0 Å². The van der Waals surface area contributed by atoms with E-state index in [0.29, 0.717) is 47.8 Å². The monoisotopic (exact) mass is 505 g/mol. The van der Waals surface area contributed by atoms with Crippen LogP contribution in [0.25, 0.3) is 16.9 Å². The first-order chi connectivity index (χ1) is 16.8. The number of rotatable bonds is 13. The molecule has 0 atom stereocenters. The van der Waals surface area contributed by atoms with Crippen LogP contribution in [0.1, 0.15) is 58.0 Å². The van der Waals surface area contributed by atoms with Gasteiger partial charge in [-0.05, 0) is 44.9 Å². The second-order valence-corrected chi connectivity index (χ2v) is 10.3. The summed E-state index contributed by atoms with van der Waals surface area (Å²) >= 11 is 0. The van der Waals surface area contributed by atoms with Crippen molar-refractivity contribution >= 4 is 15.5 Å². The van der Waals surface area contributed by atoms with Gasteiger partial charge in [-0.3, -0.25) is 4.79 Å². The molecule has 1 aromatic carbocycles. The van der Waals surface area contributed by atoms with Crippen LogP contribution in [0.4, 0.5) is 0 Å². The molecule has 11 heteroatoms. The fourth-order valence-corrected chi connectivity index (χ4v) is 5.60. The van der Waals surface area contributed by atoms with Crippen molar-refractivity contribution in [2.75, 3.05) is 26.3 Å². The van der Waals surface area contributed by atoms with Crippen molar-refractivity contribution in [3.05, 3.63) is 40.1 Å². The highest BCUT2D eigenvalue weighted by molar-refractivity contribution is 7.89. The van der Waals surface area contributed by atoms with Crippen molar-refractivity contribution in [1.82, 2.24) is 23.9 Å². The van der Waals surface area contributed by atoms with Gasteiger partial charge in [-0.1, -0.05) is 26.7 Å². The Morgan fingerprint density at radius 2 is 1.91 bits per heavy atom. The van der Waals surface area contributed by atoms with Crippen LogP contribution in [-0.4, -0.2) is 63.7 Å². The van der Waals surface area contributed by atoms with Crippen molar-refractivity contribution in [1.29, 1.82) is 0 Å². The molecular weight excluding hydrogens is 470 g/mol. The molecule has 192 valence electrons. The van der Waals surface area contributed by atoms with Gasteiger partial charge < -0.3 is 14.8 Å². The standard InChI is InChI=1S/C24H35N5O5S/c1-5-8-9-10-21-25-17(4)22-24(31)26-23(27-29(21)22)19-16-18(11-12-20(19)34-7-3)35(32,33)28(13-6-2)14-15-30/h11-12,16,30H,5-10,13-15H2,1-4H3,(H,26,27,31). The first-order valence-corrected chi connectivity index (χ1v) is 13.6. The van der Waals surface area contributed by atoms with E-state index < -0.39 is 10.0 Å². The summed E-state index contributed by atoms with van der Waals surface area (Å²) in [6, 6.07) is 4.50. The van der Waals surface area contributed by atoms with Crippen LogP contribution in [0.5, 0.6) is 5.75 Å². The molecule has 0 unspecified atom stereocenters. The molecule has 0 aliphatic heterocycles. The van der Waals surface area contributed by atoms with E-state index in [2.05, 4.69) is 22.0 Å². The maximum Gasteiger partial charge on any atom is 0.277 e. The summed E-state index contributed by atoms with van der Waals surface area (Å²) in [4.78, 5) is 20.4. The summed E-state index contributed by atoms with van der Waals surface area (Å²) < 4.78 is 35.2. The van der Waals surface area contributed by atoms with Crippen LogP contribution >= 0.6 is 0 Å². The number of sulfonamides is 1. The molecule has 0 spiro atoms. The lowest BCUT2D eigenvalue weighted by Gasteiger charge is -2.21. The molecule has 0 bridgehead atoms. The number of imidazole rings is 1. The van der Waals surface area contributed by atoms with E-state index >= 15 is 0 Å². The first-order valence-electron chi connectivity index (χ1n) is 12.1. The van der Waals surface area contributed by atoms with Crippen LogP contribution in [0, 0.1) is 6.92 Å². The van der Waals surface area contributed by atoms with Gasteiger partial charge in [0.2, 0.25) is 10.0 Å². The topological polar surface area (TPSA) is 130 Å². The number of nitrogens with one attached hydrogen (secondary N) is 1. The smallest absolute Gasteiger partial charge is 0.277 e. The fourth-order valence-electron chi connectivity index (χ4n) is 4.05. The lowest BCUT2D eigenvalue weighted by atomic mass is 10.2. The van der Waals surface area contributed by atoms with Gasteiger partial charge in [0.05, 0.1) is 29.4 Å². The zero-order valence-electron chi connectivity index (χ0n) is 20.9. The number of hydrogen-bond acceptors (Lipinski definition) is 7. The van der Waals surface area contributed by atoms with E-state index in [9.17, 15) is 18.3 Å². The quantitative estimate of drug-likeness (QED) is 0.342. The van der Waals surface area contributed by atoms with Crippen LogP contribution < -0.4 is 10.3 Å². The average Bonchev–Trinajstić information content (AvgIpc) is 3.15. The maximum absolute atomic E-state index is 13.3. The maximum atomic E-state index is 13.3. The Kier molecular flexibility index (Phi) is 9.03. The molecule has 0 amide bonds. The molecule has 10 nitrogen and oxygen atoms in total. The third-order valence-electron chi connectivity index (χ3n) is 5.71. The van der Waals surface area contributed by atoms with Gasteiger partial charge in [-0.15, -0.1) is 5.10 Å². The largest absolute Gasteiger partial charge is 0.493 e. The Labute approximate surface area is 206 Å². The number of hydrogen-bond donors (Lipinski definition) is 2. The van der Waals surface area contributed by atoms with Crippen molar-refractivity contribution in [2.24, 2.45) is 0 Å². The highest BCUT2D eigenvalue weighted by atomic mass is 32.2. The number of H-pyrrole nitrogens is 1. The molecule has 0 saturated carbocycles. The SMILES string of the molecule is CCCCCc1nc(C)c2c(=O)[nH]c(-c3cc(S(=O)(=O)N(CCC)CCO)ccc3OCC)nn12. The Morgan fingerprint density at radius 3 is 2.57 bits per heavy atom. The molecule has 0 aliphatic carbocycles. The zero-order valence-corrected chi connectivity index (χ0v) is 21.7. The molecule has 35 heavy (non-hydrogen) atoms. The number of benzene rings is 1. The van der Waals surface area contributed by atoms with Crippen molar-refractivity contribution in [3.63, 3.8) is 0 Å². The number of unbranched alkanes of at least 4 members (excludes halogenated alkanes) is 2. The zero-order chi connectivity index (χ0) is 25.6. The van der Waals surface area contributed by atoms with Crippen molar-refractivity contribution in [3.8, 4) is 17.1 Å². The minimum Gasteiger partial charge on any atom is -0.493 e. The van der Waals surface area contributed by atoms with Gasteiger partial charge in [-0.25, -0.2) is 17.9 Å². The molecule has 2 aromatic heterocycles. The number of nitrogens with zero attached hydrogens (tertiary/aromatic N) is 4. The van der Waals surface area contributed by atoms with Gasteiger partial charge in [-0.2, -0.15) is 4.31 Å². The minimum absolute atomic E-state index is 0.00477. The molecule has 2 heterocycles. The lowest BCUT2D eigenvalue weighted by molar-refractivity contribution is 0.253. The number of aliphatic hydroxyl groups excluding tert-OH is 1. The van der Waals surface area contributed by atoms with E-state index in [1.807, 2.05) is 13.8 Å². The summed E-state index contributed by atoms with van der Waals surface area (Å²) in [5.41, 5.74) is 0.972. The van der Waals surface area contributed by atoms with E-state index in [4.69, 9.17) is 4.74 Å². The average molecular weight is 506 g/mol. The number of fused-ring (bicyclic) bond motifs is 1. The van der Waals surface area contributed by atoms with Crippen LogP contribution in [0.15, 0.2) is 27.9 Å². The number of aromatic amines is 1. The molecule has 3 rings (SSSR count). The van der Waals surface area contributed by atoms with E-state index in [-0.39, 0.29) is 36.0 Å². The lowest BCUT2D eigenvalue weighted by Crippen LogP contribution is -2.34. The molecule has 0 saturated heterocycles. The molecule has 0 fully saturated rings. The minimum atomic E-state index is -3.88. The van der Waals surface area contributed by atoms with Crippen molar-refractivity contribution in [2.45, 2.75) is 64.7 Å². The van der Waals surface area contributed by atoms with Crippen LogP contribution in [0.2, 0.25) is 0 Å². The summed E-state index contributed by atoms with van der Waals surface area (Å²) in [6.07, 6.45) is 4.31. The predicted octanol–water partition coefficient (Wildman–Crippen LogP) is 2.92. The predicted molar refractivity (Wildman–Crippen MR) is 134 cm³/mol. The summed E-state index contributed by atoms with van der Waals surface area (Å²) in [7, 11) is -3.88. The Morgan fingerprint density at radius 1 is 1.14 bits per heavy atom. The van der Waals surface area contributed by atoms with Gasteiger partial charge in [0.25, 0.3) is 5.56 Å². The number of aromatic nitrogens is 4. The molecule has 2 N–H and O–H groups in total. The molecule has 0 radical (unpaired) electrons. The number of ether oxygens (including phenoxy) is 1. The van der Waals surface area contributed by atoms with Crippen LogP contribution in [-0.2, 0) is 16.4 Å². The fraction of sp³-hybridized carbons (Fsp3) is 0.542. The molecular formula is C24H35N5O5S. The first kappa shape index (κ1) is 26.8. The highest BCUT2D eigenvalue weighted by Crippen LogP contribution is 2.31. The van der Waals surface area contributed by atoms with Gasteiger partial charge in [0, 0.05) is 19.5 Å². The summed E-state index contributed by atoms with van der Waals surface area (Å²) in [5.74, 6) is 1.29. The Bertz CT molecular complexity index is 1310. The van der Waals surface area contributed by atoms with Gasteiger partial charge in [0.15, 0.2) is 11.3 Å².